The highest BCUT2D eigenvalue weighted by molar-refractivity contribution is 4.85. The van der Waals surface area contributed by atoms with Crippen LogP contribution in [0.25, 0.3) is 0 Å². The van der Waals surface area contributed by atoms with Crippen LogP contribution in [0, 0.1) is 0 Å². The average molecular weight is 243 g/mol. The van der Waals surface area contributed by atoms with Gasteiger partial charge >= 0.3 is 0 Å². The Labute approximate surface area is 106 Å². The molecule has 0 saturated heterocycles. The van der Waals surface area contributed by atoms with Gasteiger partial charge in [0.1, 0.15) is 0 Å². The maximum absolute atomic E-state index is 6.15. The average Bonchev–Trinajstić information content (AvgIpc) is 2.13. The van der Waals surface area contributed by atoms with Crippen molar-refractivity contribution in [2.45, 2.75) is 71.3 Å². The van der Waals surface area contributed by atoms with Gasteiger partial charge in [0.15, 0.2) is 0 Å². The molecule has 0 bridgehead atoms. The molecule has 0 spiro atoms. The predicted octanol–water partition coefficient (Wildman–Crippen LogP) is 2.69. The number of hydrogen-bond donors (Lipinski definition) is 0. The fraction of sp³-hybridized carbons (Fsp3) is 1.00. The van der Waals surface area contributed by atoms with Crippen LogP contribution in [0.2, 0.25) is 0 Å². The molecule has 1 rings (SSSR count). The standard InChI is InChI=1S/C14H29NO2/c1-7-16-12-8-13(9-12)17-14(4,5)10-15(6)11(2)3/h11-13H,7-10H2,1-6H3. The van der Waals surface area contributed by atoms with Crippen molar-refractivity contribution >= 4 is 0 Å². The van der Waals surface area contributed by atoms with Gasteiger partial charge in [0.25, 0.3) is 0 Å². The molecular formula is C14H29NO2. The first-order valence-corrected chi connectivity index (χ1v) is 6.83. The van der Waals surface area contributed by atoms with E-state index in [9.17, 15) is 0 Å². The molecular weight excluding hydrogens is 214 g/mol. The van der Waals surface area contributed by atoms with E-state index < -0.39 is 0 Å². The third-order valence-corrected chi connectivity index (χ3v) is 3.45. The number of likely N-dealkylation sites (N-methyl/N-ethyl adjacent to an activating group) is 1. The van der Waals surface area contributed by atoms with Crippen LogP contribution >= 0.6 is 0 Å². The fourth-order valence-electron chi connectivity index (χ4n) is 2.26. The Morgan fingerprint density at radius 2 is 1.82 bits per heavy atom. The summed E-state index contributed by atoms with van der Waals surface area (Å²) in [6, 6.07) is 0.565. The van der Waals surface area contributed by atoms with Crippen LogP contribution in [-0.2, 0) is 9.47 Å². The van der Waals surface area contributed by atoms with Crippen LogP contribution in [0.3, 0.4) is 0 Å². The maximum Gasteiger partial charge on any atom is 0.0756 e. The molecule has 0 heterocycles. The van der Waals surface area contributed by atoms with Gasteiger partial charge in [-0.25, -0.2) is 0 Å². The smallest absolute Gasteiger partial charge is 0.0756 e. The molecule has 0 aromatic rings. The zero-order chi connectivity index (χ0) is 13.1. The van der Waals surface area contributed by atoms with Crippen molar-refractivity contribution in [3.63, 3.8) is 0 Å². The second kappa shape index (κ2) is 6.17. The molecule has 102 valence electrons. The summed E-state index contributed by atoms with van der Waals surface area (Å²) < 4.78 is 11.7. The minimum absolute atomic E-state index is 0.0686. The van der Waals surface area contributed by atoms with Crippen LogP contribution < -0.4 is 0 Å². The first-order valence-electron chi connectivity index (χ1n) is 6.83. The minimum Gasteiger partial charge on any atom is -0.378 e. The van der Waals surface area contributed by atoms with Gasteiger partial charge in [0, 0.05) is 19.2 Å². The monoisotopic (exact) mass is 243 g/mol. The van der Waals surface area contributed by atoms with Gasteiger partial charge in [-0.15, -0.1) is 0 Å². The number of nitrogens with zero attached hydrogens (tertiary/aromatic N) is 1. The zero-order valence-electron chi connectivity index (χ0n) is 12.3. The van der Waals surface area contributed by atoms with Crippen LogP contribution in [-0.4, -0.2) is 49.0 Å². The topological polar surface area (TPSA) is 21.7 Å². The van der Waals surface area contributed by atoms with Gasteiger partial charge in [-0.3, -0.25) is 0 Å². The summed E-state index contributed by atoms with van der Waals surface area (Å²) in [5.74, 6) is 0. The van der Waals surface area contributed by atoms with Gasteiger partial charge in [-0.2, -0.15) is 0 Å². The van der Waals surface area contributed by atoms with E-state index in [0.29, 0.717) is 18.2 Å². The largest absolute Gasteiger partial charge is 0.378 e. The third-order valence-electron chi connectivity index (χ3n) is 3.45. The van der Waals surface area contributed by atoms with Crippen molar-refractivity contribution in [1.82, 2.24) is 4.90 Å². The third kappa shape index (κ3) is 4.94. The lowest BCUT2D eigenvalue weighted by atomic mass is 9.91. The lowest BCUT2D eigenvalue weighted by molar-refractivity contribution is -0.159. The lowest BCUT2D eigenvalue weighted by Crippen LogP contribution is -2.48. The summed E-state index contributed by atoms with van der Waals surface area (Å²) in [4.78, 5) is 2.33. The maximum atomic E-state index is 6.15. The molecule has 1 aliphatic carbocycles. The Hall–Kier alpha value is -0.120. The second-order valence-corrected chi connectivity index (χ2v) is 6.06. The van der Waals surface area contributed by atoms with E-state index in [-0.39, 0.29) is 5.60 Å². The number of ether oxygens (including phenoxy) is 2. The summed E-state index contributed by atoms with van der Waals surface area (Å²) >= 11 is 0. The van der Waals surface area contributed by atoms with Crippen molar-refractivity contribution in [2.24, 2.45) is 0 Å². The molecule has 3 heteroatoms. The molecule has 0 aliphatic heterocycles. The molecule has 0 atom stereocenters. The fourth-order valence-corrected chi connectivity index (χ4v) is 2.26. The molecule has 0 aromatic carbocycles. The van der Waals surface area contributed by atoms with Crippen molar-refractivity contribution in [3.05, 3.63) is 0 Å². The molecule has 1 aliphatic rings. The Bertz CT molecular complexity index is 222. The first-order chi connectivity index (χ1) is 7.84. The summed E-state index contributed by atoms with van der Waals surface area (Å²) in [7, 11) is 2.15. The first kappa shape index (κ1) is 14.9. The quantitative estimate of drug-likeness (QED) is 0.686. The molecule has 17 heavy (non-hydrogen) atoms. The van der Waals surface area contributed by atoms with Gasteiger partial charge < -0.3 is 14.4 Å². The Kier molecular flexibility index (Phi) is 5.42. The van der Waals surface area contributed by atoms with Gasteiger partial charge in [-0.1, -0.05) is 0 Å². The normalized spacial score (nSPS) is 25.4. The molecule has 0 amide bonds. The molecule has 0 N–H and O–H groups in total. The van der Waals surface area contributed by atoms with Crippen molar-refractivity contribution in [2.75, 3.05) is 20.2 Å². The molecule has 1 fully saturated rings. The summed E-state index contributed by atoms with van der Waals surface area (Å²) in [5, 5.41) is 0. The minimum atomic E-state index is -0.0686. The molecule has 3 nitrogen and oxygen atoms in total. The highest BCUT2D eigenvalue weighted by atomic mass is 16.5. The van der Waals surface area contributed by atoms with Gasteiger partial charge in [0.05, 0.1) is 17.8 Å². The van der Waals surface area contributed by atoms with E-state index in [1.807, 2.05) is 0 Å². The van der Waals surface area contributed by atoms with E-state index in [2.05, 4.69) is 46.6 Å². The van der Waals surface area contributed by atoms with Crippen LogP contribution in [0.5, 0.6) is 0 Å². The predicted molar refractivity (Wildman–Crippen MR) is 71.4 cm³/mol. The molecule has 1 saturated carbocycles. The van der Waals surface area contributed by atoms with Crippen molar-refractivity contribution < 1.29 is 9.47 Å². The van der Waals surface area contributed by atoms with Gasteiger partial charge in [-0.05, 0) is 54.5 Å². The van der Waals surface area contributed by atoms with E-state index >= 15 is 0 Å². The Balaban J connectivity index is 2.26. The lowest BCUT2D eigenvalue weighted by Gasteiger charge is -2.41. The van der Waals surface area contributed by atoms with E-state index in [0.717, 1.165) is 26.0 Å². The molecule has 0 unspecified atom stereocenters. The second-order valence-electron chi connectivity index (χ2n) is 6.06. The molecule has 0 radical (unpaired) electrons. The van der Waals surface area contributed by atoms with Crippen LogP contribution in [0.4, 0.5) is 0 Å². The number of rotatable bonds is 7. The summed E-state index contributed by atoms with van der Waals surface area (Å²) in [6.07, 6.45) is 2.94. The highest BCUT2D eigenvalue weighted by Crippen LogP contribution is 2.30. The van der Waals surface area contributed by atoms with E-state index in [1.54, 1.807) is 0 Å². The zero-order valence-corrected chi connectivity index (χ0v) is 12.3. The van der Waals surface area contributed by atoms with Gasteiger partial charge in [0.2, 0.25) is 0 Å². The Morgan fingerprint density at radius 1 is 1.24 bits per heavy atom. The van der Waals surface area contributed by atoms with Crippen LogP contribution in [0.1, 0.15) is 47.5 Å². The van der Waals surface area contributed by atoms with Crippen molar-refractivity contribution in [1.29, 1.82) is 0 Å². The summed E-state index contributed by atoms with van der Waals surface area (Å²) in [6.45, 7) is 12.6. The van der Waals surface area contributed by atoms with Crippen molar-refractivity contribution in [3.8, 4) is 0 Å². The van der Waals surface area contributed by atoms with E-state index in [1.165, 1.54) is 0 Å². The molecule has 0 aromatic heterocycles. The highest BCUT2D eigenvalue weighted by Gasteiger charge is 2.35. The SMILES string of the molecule is CCOC1CC(OC(C)(C)CN(C)C(C)C)C1. The van der Waals surface area contributed by atoms with Crippen LogP contribution in [0.15, 0.2) is 0 Å². The summed E-state index contributed by atoms with van der Waals surface area (Å²) in [5.41, 5.74) is -0.0686. The number of hydrogen-bond acceptors (Lipinski definition) is 3. The van der Waals surface area contributed by atoms with E-state index in [4.69, 9.17) is 9.47 Å². The Morgan fingerprint density at radius 3 is 2.29 bits per heavy atom.